The molecular formula is C38H40F5N5O3S. The second-order valence-electron chi connectivity index (χ2n) is 15.4. The van der Waals surface area contributed by atoms with Gasteiger partial charge in [-0.25, -0.2) is 8.78 Å². The van der Waals surface area contributed by atoms with Crippen LogP contribution in [0.25, 0.3) is 32.8 Å². The zero-order valence-electron chi connectivity index (χ0n) is 28.7. The number of aromatic nitrogens is 2. The Hall–Kier alpha value is -3.46. The average molecular weight is 742 g/mol. The standard InChI is InChI=1S/C38H40F5N5O3S/c1-2-26-29(39)6-3-20-9-25(49)10-27(31(20)26)32-30(52-38(41,42)43)11-28-34(33(32)40)45-36(46-35(28)48-14-23-4-5-24(15-48)44-23)51-19-37(7-8-37)18-47-12-21-16-50-17-22(21)13-47/h3,6,9-11,21-24,44,49H,2,4-5,7-8,12-19H2,1H3/t21-,22-,23?,24?/m0/s1. The predicted molar refractivity (Wildman–Crippen MR) is 189 cm³/mol. The van der Waals surface area contributed by atoms with Crippen molar-refractivity contribution in [1.82, 2.24) is 20.2 Å². The fourth-order valence-electron chi connectivity index (χ4n) is 9.07. The topological polar surface area (TPSA) is 83.0 Å². The zero-order chi connectivity index (χ0) is 35.9. The van der Waals surface area contributed by atoms with Crippen molar-refractivity contribution >= 4 is 39.3 Å². The van der Waals surface area contributed by atoms with Crippen LogP contribution in [0.15, 0.2) is 35.2 Å². The van der Waals surface area contributed by atoms with Gasteiger partial charge in [-0.05, 0) is 90.0 Å². The van der Waals surface area contributed by atoms with E-state index in [1.807, 2.05) is 4.90 Å². The Kier molecular flexibility index (Phi) is 8.48. The highest BCUT2D eigenvalue weighted by molar-refractivity contribution is 8.00. The first-order valence-corrected chi connectivity index (χ1v) is 19.0. The van der Waals surface area contributed by atoms with Crippen LogP contribution in [-0.4, -0.2) is 90.1 Å². The van der Waals surface area contributed by atoms with Crippen molar-refractivity contribution in [2.24, 2.45) is 17.3 Å². The van der Waals surface area contributed by atoms with Gasteiger partial charge in [-0.3, -0.25) is 0 Å². The molecule has 5 heterocycles. The maximum Gasteiger partial charge on any atom is 0.446 e. The van der Waals surface area contributed by atoms with E-state index < -0.39 is 39.4 Å². The summed E-state index contributed by atoms with van der Waals surface area (Å²) < 4.78 is 87.4. The smallest absolute Gasteiger partial charge is 0.446 e. The summed E-state index contributed by atoms with van der Waals surface area (Å²) in [5, 5.41) is 15.1. The molecule has 1 aromatic heterocycles. The molecule has 14 heteroatoms. The second-order valence-corrected chi connectivity index (χ2v) is 16.5. The van der Waals surface area contributed by atoms with Gasteiger partial charge in [0.25, 0.3) is 0 Å². The van der Waals surface area contributed by atoms with E-state index in [0.29, 0.717) is 42.7 Å². The van der Waals surface area contributed by atoms with Crippen LogP contribution in [0.2, 0.25) is 0 Å². The molecule has 0 radical (unpaired) electrons. The van der Waals surface area contributed by atoms with E-state index in [2.05, 4.69) is 15.2 Å². The number of halogens is 5. The van der Waals surface area contributed by atoms with Crippen molar-refractivity contribution in [3.05, 3.63) is 47.5 Å². The number of benzene rings is 3. The van der Waals surface area contributed by atoms with Crippen LogP contribution < -0.4 is 15.0 Å². The van der Waals surface area contributed by atoms with Crippen LogP contribution in [0, 0.1) is 28.9 Å². The quantitative estimate of drug-likeness (QED) is 0.136. The lowest BCUT2D eigenvalue weighted by molar-refractivity contribution is -0.0328. The van der Waals surface area contributed by atoms with Crippen LogP contribution in [0.3, 0.4) is 0 Å². The molecule has 2 unspecified atom stereocenters. The number of anilines is 1. The van der Waals surface area contributed by atoms with Crippen molar-refractivity contribution in [2.45, 2.75) is 61.5 Å². The van der Waals surface area contributed by atoms with E-state index >= 15 is 8.78 Å². The number of aryl methyl sites for hydroxylation is 1. The van der Waals surface area contributed by atoms with Gasteiger partial charge in [-0.15, -0.1) is 0 Å². The molecule has 4 atom stereocenters. The van der Waals surface area contributed by atoms with E-state index in [1.165, 1.54) is 30.3 Å². The molecule has 0 amide bonds. The first-order valence-electron chi connectivity index (χ1n) is 18.1. The Morgan fingerprint density at radius 1 is 1.02 bits per heavy atom. The molecule has 8 nitrogen and oxygen atoms in total. The molecule has 3 aromatic carbocycles. The van der Waals surface area contributed by atoms with Gasteiger partial charge in [0.05, 0.1) is 19.8 Å². The molecule has 4 saturated heterocycles. The predicted octanol–water partition coefficient (Wildman–Crippen LogP) is 7.29. The summed E-state index contributed by atoms with van der Waals surface area (Å²) in [7, 11) is 0. The number of nitrogens with zero attached hydrogens (tertiary/aromatic N) is 4. The lowest BCUT2D eigenvalue weighted by Gasteiger charge is -2.34. The number of thioether (sulfide) groups is 1. The molecule has 52 heavy (non-hydrogen) atoms. The zero-order valence-corrected chi connectivity index (χ0v) is 29.6. The summed E-state index contributed by atoms with van der Waals surface area (Å²) in [6.07, 6.45) is 4.06. The third kappa shape index (κ3) is 6.32. The van der Waals surface area contributed by atoms with Crippen LogP contribution in [0.4, 0.5) is 27.8 Å². The lowest BCUT2D eigenvalue weighted by Crippen LogP contribution is -2.51. The van der Waals surface area contributed by atoms with Gasteiger partial charge < -0.3 is 29.7 Å². The first-order chi connectivity index (χ1) is 25.0. The van der Waals surface area contributed by atoms with Crippen LogP contribution >= 0.6 is 11.8 Å². The highest BCUT2D eigenvalue weighted by Gasteiger charge is 2.48. The van der Waals surface area contributed by atoms with E-state index in [1.54, 1.807) is 6.92 Å². The van der Waals surface area contributed by atoms with Crippen molar-refractivity contribution in [1.29, 1.82) is 0 Å². The number of phenolic OH excluding ortho intramolecular Hbond substituents is 1. The highest BCUT2D eigenvalue weighted by atomic mass is 32.2. The molecule has 1 aliphatic carbocycles. The molecule has 9 rings (SSSR count). The number of rotatable bonds is 9. The monoisotopic (exact) mass is 741 g/mol. The van der Waals surface area contributed by atoms with Crippen LogP contribution in [-0.2, 0) is 11.2 Å². The van der Waals surface area contributed by atoms with Gasteiger partial charge in [-0.2, -0.15) is 23.1 Å². The number of nitrogens with one attached hydrogen (secondary N) is 1. The van der Waals surface area contributed by atoms with Crippen LogP contribution in [0.1, 0.15) is 38.2 Å². The minimum absolute atomic E-state index is 0.0338. The molecule has 5 fully saturated rings. The fourth-order valence-corrected chi connectivity index (χ4v) is 9.80. The van der Waals surface area contributed by atoms with Crippen molar-refractivity contribution in [3.63, 3.8) is 0 Å². The molecule has 1 saturated carbocycles. The number of ether oxygens (including phenoxy) is 2. The van der Waals surface area contributed by atoms with E-state index in [0.717, 1.165) is 58.5 Å². The van der Waals surface area contributed by atoms with Crippen molar-refractivity contribution in [2.75, 3.05) is 57.4 Å². The number of hydrogen-bond acceptors (Lipinski definition) is 9. The Balaban J connectivity index is 1.17. The summed E-state index contributed by atoms with van der Waals surface area (Å²) in [6, 6.07) is 6.88. The van der Waals surface area contributed by atoms with E-state index in [9.17, 15) is 18.3 Å². The third-order valence-electron chi connectivity index (χ3n) is 11.7. The number of aromatic hydroxyl groups is 1. The summed E-state index contributed by atoms with van der Waals surface area (Å²) >= 11 is -0.446. The third-order valence-corrected chi connectivity index (χ3v) is 12.5. The largest absolute Gasteiger partial charge is 0.508 e. The second kappa shape index (κ2) is 12.8. The van der Waals surface area contributed by atoms with Gasteiger partial charge >= 0.3 is 11.5 Å². The molecule has 4 aliphatic heterocycles. The van der Waals surface area contributed by atoms with Gasteiger partial charge in [0.1, 0.15) is 22.9 Å². The lowest BCUT2D eigenvalue weighted by atomic mass is 9.92. The van der Waals surface area contributed by atoms with E-state index in [4.69, 9.17) is 14.5 Å². The summed E-state index contributed by atoms with van der Waals surface area (Å²) in [6.45, 7) is 7.62. The Labute approximate surface area is 302 Å². The number of phenols is 1. The molecular weight excluding hydrogens is 702 g/mol. The average Bonchev–Trinajstić information content (AvgIpc) is 3.33. The number of likely N-dealkylation sites (tertiary alicyclic amines) is 1. The number of fused-ring (bicyclic) bond motifs is 5. The summed E-state index contributed by atoms with van der Waals surface area (Å²) in [5.74, 6) is -0.424. The maximum atomic E-state index is 17.4. The number of alkyl halides is 3. The minimum Gasteiger partial charge on any atom is -0.508 e. The molecule has 0 spiro atoms. The molecule has 276 valence electrons. The summed E-state index contributed by atoms with van der Waals surface area (Å²) in [5.41, 5.74) is -5.28. The molecule has 5 aliphatic rings. The normalized spacial score (nSPS) is 25.4. The molecule has 4 aromatic rings. The number of piperazine rings is 1. The SMILES string of the molecule is CCc1c(F)ccc2cc(O)cc(-c3c(SC(F)(F)F)cc4c(N5CC6CCC(C5)N6)nc(OCC5(CN6C[C@H]7COC[C@@H]7C6)CC5)nc4c3F)c12. The Bertz CT molecular complexity index is 2040. The van der Waals surface area contributed by atoms with Crippen LogP contribution in [0.5, 0.6) is 11.8 Å². The summed E-state index contributed by atoms with van der Waals surface area (Å²) in [4.78, 5) is 13.4. The van der Waals surface area contributed by atoms with Gasteiger partial charge in [0.2, 0.25) is 0 Å². The number of hydrogen-bond donors (Lipinski definition) is 2. The Morgan fingerprint density at radius 3 is 2.42 bits per heavy atom. The van der Waals surface area contributed by atoms with Gasteiger partial charge in [0.15, 0.2) is 5.82 Å². The van der Waals surface area contributed by atoms with Gasteiger partial charge in [-0.1, -0.05) is 13.0 Å². The van der Waals surface area contributed by atoms with Gasteiger partial charge in [0, 0.05) is 77.9 Å². The van der Waals surface area contributed by atoms with Crippen molar-refractivity contribution < 1.29 is 36.5 Å². The minimum atomic E-state index is -4.78. The first kappa shape index (κ1) is 34.3. The van der Waals surface area contributed by atoms with Crippen molar-refractivity contribution in [3.8, 4) is 22.9 Å². The Morgan fingerprint density at radius 2 is 1.75 bits per heavy atom. The molecule has 2 N–H and O–H groups in total. The highest BCUT2D eigenvalue weighted by Crippen LogP contribution is 2.50. The molecule has 2 bridgehead atoms. The maximum absolute atomic E-state index is 17.4. The van der Waals surface area contributed by atoms with E-state index in [-0.39, 0.29) is 63.1 Å². The fraction of sp³-hybridized carbons (Fsp3) is 0.526.